The summed E-state index contributed by atoms with van der Waals surface area (Å²) in [4.78, 5) is 14.9. The van der Waals surface area contributed by atoms with Crippen molar-refractivity contribution in [3.8, 4) is 11.5 Å². The fourth-order valence-corrected chi connectivity index (χ4v) is 7.93. The molecule has 2 aliphatic heterocycles. The van der Waals surface area contributed by atoms with Crippen molar-refractivity contribution in [1.29, 1.82) is 0 Å². The first kappa shape index (κ1) is 32.9. The summed E-state index contributed by atoms with van der Waals surface area (Å²) in [6.45, 7) is 6.84. The molecule has 0 spiro atoms. The van der Waals surface area contributed by atoms with Crippen molar-refractivity contribution in [2.24, 2.45) is 0 Å². The van der Waals surface area contributed by atoms with Gasteiger partial charge in [0, 0.05) is 45.2 Å². The molecule has 0 aliphatic carbocycles. The largest absolute Gasteiger partial charge is 0.497 e. The van der Waals surface area contributed by atoms with Crippen molar-refractivity contribution >= 4 is 21.5 Å². The van der Waals surface area contributed by atoms with Gasteiger partial charge < -0.3 is 23.8 Å². The minimum Gasteiger partial charge on any atom is -0.497 e. The molecule has 0 N–H and O–H groups in total. The Kier molecular flexibility index (Phi) is 10.8. The third kappa shape index (κ3) is 7.87. The van der Waals surface area contributed by atoms with Gasteiger partial charge in [-0.15, -0.1) is 0 Å². The molecule has 0 unspecified atom stereocenters. The normalized spacial score (nSPS) is 20.4. The maximum absolute atomic E-state index is 14.1. The first-order valence-corrected chi connectivity index (χ1v) is 17.0. The zero-order valence-electron chi connectivity index (χ0n) is 26.6. The lowest BCUT2D eigenvalue weighted by Gasteiger charge is -2.43. The van der Waals surface area contributed by atoms with Crippen molar-refractivity contribution in [3.63, 3.8) is 0 Å². The summed E-state index contributed by atoms with van der Waals surface area (Å²) in [6.07, 6.45) is 1.04. The summed E-state index contributed by atoms with van der Waals surface area (Å²) in [5.74, 6) is 1.40. The number of carbonyl (C=O) groups is 1. The molecule has 0 aromatic heterocycles. The number of nitrogens with zero attached hydrogens (tertiary/aromatic N) is 2. The molecule has 3 aromatic carbocycles. The van der Waals surface area contributed by atoms with Crippen LogP contribution in [0.3, 0.4) is 0 Å². The van der Waals surface area contributed by atoms with E-state index < -0.39 is 22.2 Å². The molecule has 2 aliphatic rings. The van der Waals surface area contributed by atoms with Gasteiger partial charge in [-0.25, -0.2) is 8.42 Å². The van der Waals surface area contributed by atoms with Crippen LogP contribution in [-0.4, -0.2) is 77.7 Å². The SMILES string of the molecule is COCCCN1CCOc2ccc(CO[C@H]3CN(S(=O)(=O)c4ccc(C)cc4)[C@H](CC(C)=O)C[C@@H]3c3ccc(OC)cc3)cc21. The van der Waals surface area contributed by atoms with E-state index >= 15 is 0 Å². The fourth-order valence-electron chi connectivity index (χ4n) is 6.29. The van der Waals surface area contributed by atoms with Crippen LogP contribution in [0, 0.1) is 6.92 Å². The Labute approximate surface area is 267 Å². The van der Waals surface area contributed by atoms with Crippen molar-refractivity contribution in [3.05, 3.63) is 83.4 Å². The van der Waals surface area contributed by atoms with Gasteiger partial charge in [-0.2, -0.15) is 4.31 Å². The Balaban J connectivity index is 1.44. The molecule has 242 valence electrons. The predicted molar refractivity (Wildman–Crippen MR) is 174 cm³/mol. The van der Waals surface area contributed by atoms with Crippen LogP contribution in [0.2, 0.25) is 0 Å². The number of anilines is 1. The summed E-state index contributed by atoms with van der Waals surface area (Å²) >= 11 is 0. The lowest BCUT2D eigenvalue weighted by Crippen LogP contribution is -2.52. The van der Waals surface area contributed by atoms with Crippen LogP contribution in [0.25, 0.3) is 0 Å². The van der Waals surface area contributed by atoms with Crippen LogP contribution in [0.1, 0.15) is 48.8 Å². The number of piperidine rings is 1. The van der Waals surface area contributed by atoms with Gasteiger partial charge in [0.05, 0.1) is 36.9 Å². The topological polar surface area (TPSA) is 94.6 Å². The molecule has 0 radical (unpaired) electrons. The van der Waals surface area contributed by atoms with Crippen LogP contribution < -0.4 is 14.4 Å². The average molecular weight is 637 g/mol. The number of fused-ring (bicyclic) bond motifs is 1. The molecule has 1 saturated heterocycles. The van der Waals surface area contributed by atoms with E-state index in [1.54, 1.807) is 38.5 Å². The Morgan fingerprint density at radius 2 is 1.78 bits per heavy atom. The molecule has 1 fully saturated rings. The first-order valence-electron chi connectivity index (χ1n) is 15.5. The maximum atomic E-state index is 14.1. The molecule has 5 rings (SSSR count). The molecule has 2 heterocycles. The number of hydrogen-bond acceptors (Lipinski definition) is 8. The van der Waals surface area contributed by atoms with E-state index in [2.05, 4.69) is 11.0 Å². The Bertz CT molecular complexity index is 1540. The minimum absolute atomic E-state index is 0.0525. The average Bonchev–Trinajstić information content (AvgIpc) is 3.04. The zero-order valence-corrected chi connectivity index (χ0v) is 27.4. The van der Waals surface area contributed by atoms with E-state index in [9.17, 15) is 13.2 Å². The highest BCUT2D eigenvalue weighted by Gasteiger charge is 2.43. The van der Waals surface area contributed by atoms with Gasteiger partial charge in [0.15, 0.2) is 0 Å². The molecular weight excluding hydrogens is 592 g/mol. The first-order chi connectivity index (χ1) is 21.7. The van der Waals surface area contributed by atoms with Crippen LogP contribution in [0.15, 0.2) is 71.6 Å². The van der Waals surface area contributed by atoms with E-state index in [0.29, 0.717) is 26.2 Å². The van der Waals surface area contributed by atoms with E-state index in [1.165, 1.54) is 11.2 Å². The van der Waals surface area contributed by atoms with Gasteiger partial charge in [-0.3, -0.25) is 4.79 Å². The second-order valence-corrected chi connectivity index (χ2v) is 13.8. The number of aryl methyl sites for hydroxylation is 1. The lowest BCUT2D eigenvalue weighted by molar-refractivity contribution is -0.118. The van der Waals surface area contributed by atoms with Crippen molar-refractivity contribution < 1.29 is 32.2 Å². The van der Waals surface area contributed by atoms with Crippen LogP contribution in [0.4, 0.5) is 5.69 Å². The number of ether oxygens (including phenoxy) is 4. The van der Waals surface area contributed by atoms with Gasteiger partial charge in [-0.1, -0.05) is 35.9 Å². The molecule has 3 aromatic rings. The zero-order chi connectivity index (χ0) is 32.0. The molecule has 0 saturated carbocycles. The highest BCUT2D eigenvalue weighted by molar-refractivity contribution is 7.89. The Hall–Kier alpha value is -3.44. The fraction of sp³-hybridized carbons (Fsp3) is 0.457. The molecule has 3 atom stereocenters. The van der Waals surface area contributed by atoms with E-state index in [1.807, 2.05) is 43.3 Å². The molecule has 10 heteroatoms. The Morgan fingerprint density at radius 3 is 2.47 bits per heavy atom. The number of benzene rings is 3. The van der Waals surface area contributed by atoms with Gasteiger partial charge >= 0.3 is 0 Å². The van der Waals surface area contributed by atoms with Gasteiger partial charge in [-0.05, 0) is 74.2 Å². The molecule has 45 heavy (non-hydrogen) atoms. The van der Waals surface area contributed by atoms with Crippen molar-refractivity contribution in [1.82, 2.24) is 4.31 Å². The van der Waals surface area contributed by atoms with Gasteiger partial charge in [0.1, 0.15) is 23.9 Å². The number of rotatable bonds is 13. The lowest BCUT2D eigenvalue weighted by atomic mass is 9.82. The quantitative estimate of drug-likeness (QED) is 0.232. The summed E-state index contributed by atoms with van der Waals surface area (Å²) in [7, 11) is -0.552. The number of hydrogen-bond donors (Lipinski definition) is 0. The van der Waals surface area contributed by atoms with Crippen LogP contribution in [0.5, 0.6) is 11.5 Å². The highest BCUT2D eigenvalue weighted by atomic mass is 32.2. The maximum Gasteiger partial charge on any atom is 0.243 e. The van der Waals surface area contributed by atoms with E-state index in [-0.39, 0.29) is 29.6 Å². The van der Waals surface area contributed by atoms with Gasteiger partial charge in [0.2, 0.25) is 10.0 Å². The molecule has 0 bridgehead atoms. The highest BCUT2D eigenvalue weighted by Crippen LogP contribution is 2.39. The smallest absolute Gasteiger partial charge is 0.243 e. The predicted octanol–water partition coefficient (Wildman–Crippen LogP) is 5.35. The standard InChI is InChI=1S/C35H44N2O7S/c1-25-6-13-31(14-7-25)45(39,40)37-23-35(32(22-29(37)20-26(2)38)28-9-11-30(42-4)12-10-28)44-24-27-8-15-34-33(21-27)36(17-19-43-34)16-5-18-41-3/h6-15,21,29,32,35H,5,16-20,22-24H2,1-4H3/t29-,32-,35+/m1/s1. The number of methoxy groups -OCH3 is 2. The second kappa shape index (κ2) is 14.8. The summed E-state index contributed by atoms with van der Waals surface area (Å²) in [5, 5.41) is 0. The number of carbonyl (C=O) groups excluding carboxylic acids is 1. The van der Waals surface area contributed by atoms with Crippen LogP contribution >= 0.6 is 0 Å². The molecule has 0 amide bonds. The number of Topliss-reactive ketones (excluding diaryl/α,β-unsaturated/α-hetero) is 1. The summed E-state index contributed by atoms with van der Waals surface area (Å²) in [5.41, 5.74) is 3.99. The minimum atomic E-state index is -3.89. The summed E-state index contributed by atoms with van der Waals surface area (Å²) in [6, 6.07) is 20.3. The monoisotopic (exact) mass is 636 g/mol. The van der Waals surface area contributed by atoms with Gasteiger partial charge in [0.25, 0.3) is 0 Å². The third-order valence-electron chi connectivity index (χ3n) is 8.66. The number of ketones is 1. The summed E-state index contributed by atoms with van der Waals surface area (Å²) < 4.78 is 52.8. The molecule has 9 nitrogen and oxygen atoms in total. The van der Waals surface area contributed by atoms with Crippen molar-refractivity contribution in [2.75, 3.05) is 52.0 Å². The number of sulfonamides is 1. The second-order valence-electron chi connectivity index (χ2n) is 11.9. The Morgan fingerprint density at radius 1 is 1.02 bits per heavy atom. The van der Waals surface area contributed by atoms with E-state index in [0.717, 1.165) is 53.4 Å². The van der Waals surface area contributed by atoms with E-state index in [4.69, 9.17) is 18.9 Å². The van der Waals surface area contributed by atoms with Crippen LogP contribution in [-0.2, 0) is 30.9 Å². The molecular formula is C35H44N2O7S. The van der Waals surface area contributed by atoms with Crippen molar-refractivity contribution in [2.45, 2.75) is 62.7 Å². The third-order valence-corrected chi connectivity index (χ3v) is 10.6.